The van der Waals surface area contributed by atoms with Gasteiger partial charge in [0.25, 0.3) is 0 Å². The smallest absolute Gasteiger partial charge is 0.326 e. The van der Waals surface area contributed by atoms with Gasteiger partial charge < -0.3 is 32.2 Å². The predicted molar refractivity (Wildman–Crippen MR) is 90.3 cm³/mol. The fourth-order valence-electron chi connectivity index (χ4n) is 2.15. The van der Waals surface area contributed by atoms with Gasteiger partial charge in [0.1, 0.15) is 12.1 Å². The van der Waals surface area contributed by atoms with Gasteiger partial charge in [-0.25, -0.2) is 9.78 Å². The number of hydrogen-bond donors (Lipinski definition) is 6. The lowest BCUT2D eigenvalue weighted by molar-refractivity contribution is -0.142. The maximum absolute atomic E-state index is 12.5. The molecule has 140 valence electrons. The van der Waals surface area contributed by atoms with E-state index in [9.17, 15) is 19.5 Å². The molecule has 10 heteroatoms. The number of rotatable bonds is 11. The van der Waals surface area contributed by atoms with E-state index in [-0.39, 0.29) is 12.8 Å². The fraction of sp³-hybridized carbons (Fsp3) is 0.600. The number of nitrogens with one attached hydrogen (secondary N) is 3. The maximum Gasteiger partial charge on any atom is 0.326 e. The van der Waals surface area contributed by atoms with Crippen molar-refractivity contribution >= 4 is 17.8 Å². The molecular weight excluding hydrogens is 328 g/mol. The highest BCUT2D eigenvalue weighted by molar-refractivity contribution is 5.91. The molecule has 0 radical (unpaired) electrons. The predicted octanol–water partition coefficient (Wildman–Crippen LogP) is -1.52. The number of aromatic nitrogens is 2. The van der Waals surface area contributed by atoms with Crippen molar-refractivity contribution < 1.29 is 19.5 Å². The number of aliphatic carboxylic acids is 1. The number of aromatic amines is 1. The Hall–Kier alpha value is -2.46. The number of imidazole rings is 1. The monoisotopic (exact) mass is 354 g/mol. The molecule has 1 aromatic rings. The Bertz CT molecular complexity index is 560. The molecule has 25 heavy (non-hydrogen) atoms. The second-order valence-electron chi connectivity index (χ2n) is 5.81. The number of H-pyrrole nitrogens is 1. The van der Waals surface area contributed by atoms with E-state index < -0.39 is 35.9 Å². The molecule has 10 nitrogen and oxygen atoms in total. The number of carbonyl (C=O) groups is 3. The normalized spacial score (nSPS) is 14.4. The van der Waals surface area contributed by atoms with Crippen molar-refractivity contribution in [2.75, 3.05) is 6.54 Å². The van der Waals surface area contributed by atoms with Gasteiger partial charge in [-0.15, -0.1) is 0 Å². The number of carboxylic acids is 1. The molecule has 0 saturated carbocycles. The number of carbonyl (C=O) groups excluding carboxylic acids is 2. The van der Waals surface area contributed by atoms with Crippen LogP contribution in [0.3, 0.4) is 0 Å². The molecule has 0 bridgehead atoms. The molecule has 0 aliphatic rings. The van der Waals surface area contributed by atoms with E-state index in [1.165, 1.54) is 19.4 Å². The van der Waals surface area contributed by atoms with Gasteiger partial charge in [0.2, 0.25) is 11.8 Å². The number of unbranched alkanes of at least 4 members (excludes halogenated alkanes) is 1. The maximum atomic E-state index is 12.5. The zero-order valence-corrected chi connectivity index (χ0v) is 14.2. The lowest BCUT2D eigenvalue weighted by Gasteiger charge is -2.22. The van der Waals surface area contributed by atoms with Gasteiger partial charge in [-0.05, 0) is 32.7 Å². The third-order valence-electron chi connectivity index (χ3n) is 3.59. The lowest BCUT2D eigenvalue weighted by atomic mass is 10.1. The largest absolute Gasteiger partial charge is 0.480 e. The van der Waals surface area contributed by atoms with Crippen LogP contribution in [0.25, 0.3) is 0 Å². The Balaban J connectivity index is 2.78. The first kappa shape index (κ1) is 20.6. The average molecular weight is 354 g/mol. The molecule has 0 aromatic carbocycles. The summed E-state index contributed by atoms with van der Waals surface area (Å²) in [4.78, 5) is 42.4. The summed E-state index contributed by atoms with van der Waals surface area (Å²) >= 11 is 0. The van der Waals surface area contributed by atoms with E-state index in [4.69, 9.17) is 11.5 Å². The van der Waals surface area contributed by atoms with Gasteiger partial charge in [-0.1, -0.05) is 0 Å². The van der Waals surface area contributed by atoms with Gasteiger partial charge in [-0.3, -0.25) is 9.59 Å². The summed E-state index contributed by atoms with van der Waals surface area (Å²) in [5.74, 6) is -2.23. The highest BCUT2D eigenvalue weighted by atomic mass is 16.4. The second kappa shape index (κ2) is 10.4. The molecular formula is C15H26N6O4. The summed E-state index contributed by atoms with van der Waals surface area (Å²) in [5, 5.41) is 14.3. The van der Waals surface area contributed by atoms with Crippen LogP contribution < -0.4 is 22.1 Å². The van der Waals surface area contributed by atoms with Crippen molar-refractivity contribution in [3.8, 4) is 0 Å². The van der Waals surface area contributed by atoms with Gasteiger partial charge in [0, 0.05) is 18.3 Å². The lowest BCUT2D eigenvalue weighted by Crippen LogP contribution is -2.54. The molecule has 0 spiro atoms. The molecule has 3 atom stereocenters. The van der Waals surface area contributed by atoms with E-state index in [2.05, 4.69) is 20.6 Å². The quantitative estimate of drug-likeness (QED) is 0.261. The van der Waals surface area contributed by atoms with Crippen molar-refractivity contribution in [3.05, 3.63) is 18.2 Å². The van der Waals surface area contributed by atoms with Gasteiger partial charge in [0.05, 0.1) is 12.4 Å². The molecule has 1 rings (SSSR count). The van der Waals surface area contributed by atoms with Crippen LogP contribution in [0.5, 0.6) is 0 Å². The number of hydrogen-bond acceptors (Lipinski definition) is 6. The number of nitrogens with two attached hydrogens (primary N) is 2. The van der Waals surface area contributed by atoms with Crippen molar-refractivity contribution in [1.82, 2.24) is 20.6 Å². The van der Waals surface area contributed by atoms with Crippen molar-refractivity contribution in [3.63, 3.8) is 0 Å². The Labute approximate surface area is 145 Å². The summed E-state index contributed by atoms with van der Waals surface area (Å²) in [5.41, 5.74) is 11.5. The molecule has 0 aliphatic carbocycles. The highest BCUT2D eigenvalue weighted by Gasteiger charge is 2.27. The first-order valence-electron chi connectivity index (χ1n) is 8.11. The van der Waals surface area contributed by atoms with Gasteiger partial charge in [0.15, 0.2) is 0 Å². The van der Waals surface area contributed by atoms with Crippen molar-refractivity contribution in [2.24, 2.45) is 11.5 Å². The minimum atomic E-state index is -1.14. The molecule has 8 N–H and O–H groups in total. The summed E-state index contributed by atoms with van der Waals surface area (Å²) in [6.45, 7) is 1.94. The topological polar surface area (TPSA) is 176 Å². The Morgan fingerprint density at radius 3 is 2.44 bits per heavy atom. The number of carboxylic acid groups (broad SMARTS) is 1. The minimum absolute atomic E-state index is 0.138. The average Bonchev–Trinajstić information content (AvgIpc) is 3.06. The molecule has 1 aromatic heterocycles. The third kappa shape index (κ3) is 7.31. The standard InChI is InChI=1S/C15H26N6O4/c1-9(17)13(22)21-12(6-10-7-18-8-19-10)14(23)20-11(15(24)25)4-2-3-5-16/h7-9,11-12H,2-6,16-17H2,1H3,(H,18,19)(H,20,23)(H,21,22)(H,24,25)/t9-,11+,12-/m0/s1. The third-order valence-corrected chi connectivity index (χ3v) is 3.59. The molecule has 2 amide bonds. The Morgan fingerprint density at radius 2 is 1.92 bits per heavy atom. The van der Waals surface area contributed by atoms with Crippen LogP contribution in [0.2, 0.25) is 0 Å². The van der Waals surface area contributed by atoms with Crippen LogP contribution in [0.4, 0.5) is 0 Å². The zero-order valence-electron chi connectivity index (χ0n) is 14.2. The molecule has 0 saturated heterocycles. The summed E-state index contributed by atoms with van der Waals surface area (Å²) in [6.07, 6.45) is 4.61. The van der Waals surface area contributed by atoms with Gasteiger partial charge >= 0.3 is 5.97 Å². The van der Waals surface area contributed by atoms with Crippen LogP contribution in [-0.4, -0.2) is 57.5 Å². The molecule has 1 heterocycles. The van der Waals surface area contributed by atoms with Crippen molar-refractivity contribution in [2.45, 2.75) is 50.7 Å². The summed E-state index contributed by atoms with van der Waals surface area (Å²) < 4.78 is 0. The van der Waals surface area contributed by atoms with E-state index in [0.29, 0.717) is 25.1 Å². The SMILES string of the molecule is C[C@H](N)C(=O)N[C@@H](Cc1cnc[nH]1)C(=O)N[C@H](CCCCN)C(=O)O. The summed E-state index contributed by atoms with van der Waals surface area (Å²) in [6, 6.07) is -2.80. The fourth-order valence-corrected chi connectivity index (χ4v) is 2.15. The van der Waals surface area contributed by atoms with Crippen LogP contribution in [0.15, 0.2) is 12.5 Å². The molecule has 0 aliphatic heterocycles. The number of amides is 2. The van der Waals surface area contributed by atoms with E-state index >= 15 is 0 Å². The first-order valence-corrected chi connectivity index (χ1v) is 8.11. The highest BCUT2D eigenvalue weighted by Crippen LogP contribution is 2.04. The molecule has 0 unspecified atom stereocenters. The first-order chi connectivity index (χ1) is 11.8. The van der Waals surface area contributed by atoms with Crippen LogP contribution >= 0.6 is 0 Å². The molecule has 0 fully saturated rings. The van der Waals surface area contributed by atoms with E-state index in [0.717, 1.165) is 0 Å². The zero-order chi connectivity index (χ0) is 18.8. The van der Waals surface area contributed by atoms with Crippen LogP contribution in [0, 0.1) is 0 Å². The minimum Gasteiger partial charge on any atom is -0.480 e. The van der Waals surface area contributed by atoms with Crippen LogP contribution in [0.1, 0.15) is 31.9 Å². The Morgan fingerprint density at radius 1 is 1.24 bits per heavy atom. The second-order valence-corrected chi connectivity index (χ2v) is 5.81. The van der Waals surface area contributed by atoms with Gasteiger partial charge in [-0.2, -0.15) is 0 Å². The van der Waals surface area contributed by atoms with Crippen molar-refractivity contribution in [1.29, 1.82) is 0 Å². The Kier molecular flexibility index (Phi) is 8.57. The summed E-state index contributed by atoms with van der Waals surface area (Å²) in [7, 11) is 0. The number of nitrogens with zero attached hydrogens (tertiary/aromatic N) is 1. The van der Waals surface area contributed by atoms with E-state index in [1.54, 1.807) is 0 Å². The van der Waals surface area contributed by atoms with E-state index in [1.807, 2.05) is 0 Å². The van der Waals surface area contributed by atoms with Crippen LogP contribution in [-0.2, 0) is 20.8 Å².